The predicted octanol–water partition coefficient (Wildman–Crippen LogP) is 1.08. The lowest BCUT2D eigenvalue weighted by Gasteiger charge is -2.11. The Labute approximate surface area is 123 Å². The van der Waals surface area contributed by atoms with Gasteiger partial charge in [0.05, 0.1) is 16.6 Å². The van der Waals surface area contributed by atoms with Gasteiger partial charge in [0.1, 0.15) is 11.4 Å². The van der Waals surface area contributed by atoms with Crippen molar-refractivity contribution in [3.63, 3.8) is 0 Å². The number of hydrogen-bond acceptors (Lipinski definition) is 7. The molecule has 0 atom stereocenters. The molecule has 1 heterocycles. The topological polar surface area (TPSA) is 157 Å². The molecule has 0 bridgehead atoms. The molecular weight excluding hydrogens is 327 g/mol. The minimum atomic E-state index is -5.13. The molecule has 2 aromatic rings. The van der Waals surface area contributed by atoms with E-state index < -0.39 is 51.3 Å². The van der Waals surface area contributed by atoms with Gasteiger partial charge in [0.15, 0.2) is 5.69 Å². The van der Waals surface area contributed by atoms with E-state index in [2.05, 4.69) is 14.9 Å². The van der Waals surface area contributed by atoms with E-state index in [-0.39, 0.29) is 0 Å². The zero-order valence-electron chi connectivity index (χ0n) is 10.8. The summed E-state index contributed by atoms with van der Waals surface area (Å²) in [6, 6.07) is 0.983. The van der Waals surface area contributed by atoms with E-state index >= 15 is 0 Å². The van der Waals surface area contributed by atoms with Gasteiger partial charge in [-0.1, -0.05) is 0 Å². The number of rotatable bonds is 4. The van der Waals surface area contributed by atoms with Crippen molar-refractivity contribution in [2.24, 2.45) is 5.73 Å². The number of H-pyrrole nitrogens is 1. The highest BCUT2D eigenvalue weighted by Crippen LogP contribution is 2.41. The molecule has 1 aromatic carbocycles. The molecule has 10 nitrogen and oxygen atoms in total. The van der Waals surface area contributed by atoms with Crippen molar-refractivity contribution in [2.75, 3.05) is 0 Å². The second-order valence-electron chi connectivity index (χ2n) is 4.03. The standard InChI is InChI=1S/C10H6F3N5O5/c11-10(12,13)23-3-1-4(8(19)5(2-3)18(21)22)6-7(9(14)20)16-17-15-6/h1-2,19H,(H2,14,20)(H,15,16,17). The molecule has 122 valence electrons. The van der Waals surface area contributed by atoms with E-state index in [1.54, 1.807) is 0 Å². The van der Waals surface area contributed by atoms with Gasteiger partial charge in [0, 0.05) is 0 Å². The Morgan fingerprint density at radius 1 is 1.39 bits per heavy atom. The Bertz CT molecular complexity index is 788. The predicted molar refractivity (Wildman–Crippen MR) is 65.3 cm³/mol. The lowest BCUT2D eigenvalue weighted by Crippen LogP contribution is -2.17. The summed E-state index contributed by atoms with van der Waals surface area (Å²) in [5.74, 6) is -3.13. The second-order valence-corrected chi connectivity index (χ2v) is 4.03. The molecule has 0 aliphatic carbocycles. The molecular formula is C10H6F3N5O5. The number of aromatic nitrogens is 3. The monoisotopic (exact) mass is 333 g/mol. The number of hydrogen-bond donors (Lipinski definition) is 3. The first-order valence-corrected chi connectivity index (χ1v) is 5.58. The molecule has 1 aromatic heterocycles. The summed E-state index contributed by atoms with van der Waals surface area (Å²) in [6.07, 6.45) is -5.13. The number of phenolic OH excluding ortho intramolecular Hbond substituents is 1. The van der Waals surface area contributed by atoms with Crippen molar-refractivity contribution in [1.82, 2.24) is 15.4 Å². The van der Waals surface area contributed by atoms with Crippen LogP contribution in [0.5, 0.6) is 11.5 Å². The summed E-state index contributed by atoms with van der Waals surface area (Å²) in [4.78, 5) is 20.9. The Morgan fingerprint density at radius 3 is 2.57 bits per heavy atom. The number of nitrogens with zero attached hydrogens (tertiary/aromatic N) is 3. The van der Waals surface area contributed by atoms with Crippen molar-refractivity contribution in [3.05, 3.63) is 27.9 Å². The largest absolute Gasteiger partial charge is 0.573 e. The van der Waals surface area contributed by atoms with Crippen LogP contribution >= 0.6 is 0 Å². The van der Waals surface area contributed by atoms with Crippen LogP contribution in [0.3, 0.4) is 0 Å². The number of carbonyl (C=O) groups is 1. The minimum Gasteiger partial charge on any atom is -0.502 e. The number of nitro groups is 1. The highest BCUT2D eigenvalue weighted by molar-refractivity contribution is 5.97. The van der Waals surface area contributed by atoms with Crippen LogP contribution in [0, 0.1) is 10.1 Å². The first kappa shape index (κ1) is 16.0. The Morgan fingerprint density at radius 2 is 2.04 bits per heavy atom. The Kier molecular flexibility index (Phi) is 3.78. The summed E-state index contributed by atoms with van der Waals surface area (Å²) in [7, 11) is 0. The van der Waals surface area contributed by atoms with Crippen LogP contribution in [0.15, 0.2) is 12.1 Å². The van der Waals surface area contributed by atoms with E-state index in [0.29, 0.717) is 12.1 Å². The van der Waals surface area contributed by atoms with Gasteiger partial charge >= 0.3 is 12.0 Å². The highest BCUT2D eigenvalue weighted by atomic mass is 19.4. The molecule has 0 fully saturated rings. The molecule has 0 aliphatic rings. The lowest BCUT2D eigenvalue weighted by molar-refractivity contribution is -0.386. The second kappa shape index (κ2) is 5.43. The lowest BCUT2D eigenvalue weighted by atomic mass is 10.1. The fraction of sp³-hybridized carbons (Fsp3) is 0.100. The van der Waals surface area contributed by atoms with Crippen molar-refractivity contribution >= 4 is 11.6 Å². The molecule has 0 saturated heterocycles. The zero-order chi connectivity index (χ0) is 17.4. The maximum atomic E-state index is 12.3. The fourth-order valence-corrected chi connectivity index (χ4v) is 1.70. The Balaban J connectivity index is 2.69. The van der Waals surface area contributed by atoms with Crippen LogP contribution in [-0.4, -0.2) is 37.7 Å². The Hall–Kier alpha value is -3.38. The van der Waals surface area contributed by atoms with Crippen molar-refractivity contribution in [1.29, 1.82) is 0 Å². The molecule has 4 N–H and O–H groups in total. The number of nitrogens with two attached hydrogens (primary N) is 1. The number of nitrogens with one attached hydrogen (secondary N) is 1. The zero-order valence-corrected chi connectivity index (χ0v) is 10.8. The molecule has 13 heteroatoms. The van der Waals surface area contributed by atoms with Crippen molar-refractivity contribution < 1.29 is 32.7 Å². The SMILES string of the molecule is NC(=O)c1n[nH]nc1-c1cc(OC(F)(F)F)cc([N+](=O)[O-])c1O. The molecule has 0 unspecified atom stereocenters. The first-order valence-electron chi connectivity index (χ1n) is 5.58. The third kappa shape index (κ3) is 3.28. The van der Waals surface area contributed by atoms with Crippen LogP contribution in [0.2, 0.25) is 0 Å². The first-order chi connectivity index (χ1) is 10.6. The summed E-state index contributed by atoms with van der Waals surface area (Å²) >= 11 is 0. The van der Waals surface area contributed by atoms with Gasteiger partial charge in [-0.05, 0) is 6.07 Å². The maximum absolute atomic E-state index is 12.3. The van der Waals surface area contributed by atoms with Crippen LogP contribution in [-0.2, 0) is 0 Å². The maximum Gasteiger partial charge on any atom is 0.573 e. The summed E-state index contributed by atoms with van der Waals surface area (Å²) in [6.45, 7) is 0. The van der Waals surface area contributed by atoms with E-state index in [1.165, 1.54) is 0 Å². The molecule has 23 heavy (non-hydrogen) atoms. The van der Waals surface area contributed by atoms with Gasteiger partial charge in [-0.25, -0.2) is 0 Å². The number of carbonyl (C=O) groups excluding carboxylic acids is 1. The van der Waals surface area contributed by atoms with Crippen molar-refractivity contribution in [2.45, 2.75) is 6.36 Å². The fourth-order valence-electron chi connectivity index (χ4n) is 1.70. The number of aromatic hydroxyl groups is 1. The minimum absolute atomic E-state index is 0.371. The number of ether oxygens (including phenoxy) is 1. The average Bonchev–Trinajstić information content (AvgIpc) is 2.87. The third-order valence-electron chi connectivity index (χ3n) is 2.53. The molecule has 1 amide bonds. The molecule has 0 saturated carbocycles. The van der Waals surface area contributed by atoms with Crippen LogP contribution in [0.25, 0.3) is 11.3 Å². The van der Waals surface area contributed by atoms with Gasteiger partial charge in [0.25, 0.3) is 5.91 Å². The molecule has 0 aliphatic heterocycles. The normalized spacial score (nSPS) is 11.3. The number of primary amides is 1. The number of aromatic amines is 1. The molecule has 0 radical (unpaired) electrons. The highest BCUT2D eigenvalue weighted by Gasteiger charge is 2.34. The number of amides is 1. The molecule has 0 spiro atoms. The molecule has 2 rings (SSSR count). The van der Waals surface area contributed by atoms with Gasteiger partial charge < -0.3 is 15.6 Å². The summed E-state index contributed by atoms with van der Waals surface area (Å²) in [5.41, 5.74) is 2.33. The quantitative estimate of drug-likeness (QED) is 0.558. The van der Waals surface area contributed by atoms with Crippen molar-refractivity contribution in [3.8, 4) is 22.8 Å². The number of alkyl halides is 3. The summed E-state index contributed by atoms with van der Waals surface area (Å²) < 4.78 is 40.5. The van der Waals surface area contributed by atoms with Gasteiger partial charge in [-0.3, -0.25) is 14.9 Å². The van der Waals surface area contributed by atoms with E-state index in [0.717, 1.165) is 0 Å². The van der Waals surface area contributed by atoms with Crippen LogP contribution in [0.4, 0.5) is 18.9 Å². The number of phenols is 1. The van der Waals surface area contributed by atoms with Gasteiger partial charge in [0.2, 0.25) is 5.75 Å². The number of benzene rings is 1. The van der Waals surface area contributed by atoms with Crippen LogP contribution < -0.4 is 10.5 Å². The van der Waals surface area contributed by atoms with E-state index in [1.807, 2.05) is 5.21 Å². The van der Waals surface area contributed by atoms with Gasteiger partial charge in [-0.2, -0.15) is 15.4 Å². The van der Waals surface area contributed by atoms with E-state index in [4.69, 9.17) is 5.73 Å². The van der Waals surface area contributed by atoms with Crippen LogP contribution in [0.1, 0.15) is 10.5 Å². The third-order valence-corrected chi connectivity index (χ3v) is 2.53. The average molecular weight is 333 g/mol. The van der Waals surface area contributed by atoms with Gasteiger partial charge in [-0.15, -0.1) is 13.2 Å². The van der Waals surface area contributed by atoms with E-state index in [9.17, 15) is 33.2 Å². The smallest absolute Gasteiger partial charge is 0.502 e. The summed E-state index contributed by atoms with van der Waals surface area (Å²) in [5, 5.41) is 29.5. The number of halogens is 3. The number of nitro benzene ring substituents is 1.